The minimum Gasteiger partial charge on any atom is -0.496 e. The molecule has 0 aliphatic carbocycles. The Morgan fingerprint density at radius 1 is 1.17 bits per heavy atom. The molecule has 0 radical (unpaired) electrons. The molecule has 2 rings (SSSR count). The van der Waals surface area contributed by atoms with Gasteiger partial charge in [0.25, 0.3) is 0 Å². The van der Waals surface area contributed by atoms with Crippen LogP contribution in [0.5, 0.6) is 5.75 Å². The first-order valence-corrected chi connectivity index (χ1v) is 8.51. The van der Waals surface area contributed by atoms with Crippen LogP contribution in [0.25, 0.3) is 0 Å². The van der Waals surface area contributed by atoms with Crippen LogP contribution in [0.1, 0.15) is 29.0 Å². The van der Waals surface area contributed by atoms with Crippen LogP contribution >= 0.6 is 15.9 Å². The largest absolute Gasteiger partial charge is 0.496 e. The average molecular weight is 379 g/mol. The van der Waals surface area contributed by atoms with Gasteiger partial charge in [-0.05, 0) is 42.2 Å². The second kappa shape index (κ2) is 9.06. The number of halogens is 1. The third kappa shape index (κ3) is 5.06. The molecule has 0 spiro atoms. The molecule has 0 fully saturated rings. The van der Waals surface area contributed by atoms with Gasteiger partial charge in [-0.15, -0.1) is 0 Å². The molecule has 1 atom stereocenters. The van der Waals surface area contributed by atoms with E-state index < -0.39 is 0 Å². The lowest BCUT2D eigenvalue weighted by molar-refractivity contribution is 0.0986. The van der Waals surface area contributed by atoms with Crippen molar-refractivity contribution in [3.05, 3.63) is 63.6 Å². The highest BCUT2D eigenvalue weighted by molar-refractivity contribution is 9.10. The molecule has 0 amide bonds. The molecule has 0 heterocycles. The summed E-state index contributed by atoms with van der Waals surface area (Å²) in [7, 11) is 1.67. The Morgan fingerprint density at radius 3 is 2.57 bits per heavy atom. The molecule has 1 N–H and O–H groups in total. The minimum atomic E-state index is 0.118. The van der Waals surface area contributed by atoms with E-state index in [4.69, 9.17) is 9.47 Å². The van der Waals surface area contributed by atoms with Crippen LogP contribution in [-0.2, 0) is 11.3 Å². The molecular formula is C19H23BrO3. The zero-order valence-corrected chi connectivity index (χ0v) is 15.2. The zero-order valence-electron chi connectivity index (χ0n) is 13.6. The van der Waals surface area contributed by atoms with Crippen molar-refractivity contribution in [2.75, 3.05) is 20.3 Å². The van der Waals surface area contributed by atoms with Crippen LogP contribution < -0.4 is 4.74 Å². The molecule has 0 bridgehead atoms. The molecule has 124 valence electrons. The molecule has 23 heavy (non-hydrogen) atoms. The van der Waals surface area contributed by atoms with Gasteiger partial charge in [0.1, 0.15) is 5.75 Å². The highest BCUT2D eigenvalue weighted by Gasteiger charge is 2.17. The molecule has 0 saturated carbocycles. The predicted octanol–water partition coefficient (Wildman–Crippen LogP) is 4.45. The van der Waals surface area contributed by atoms with Crippen molar-refractivity contribution in [1.82, 2.24) is 0 Å². The number of methoxy groups -OCH3 is 1. The third-order valence-electron chi connectivity index (χ3n) is 3.86. The van der Waals surface area contributed by atoms with Crippen LogP contribution in [-0.4, -0.2) is 25.4 Å². The summed E-state index contributed by atoms with van der Waals surface area (Å²) in [6, 6.07) is 14.2. The maximum absolute atomic E-state index is 9.38. The van der Waals surface area contributed by atoms with E-state index in [0.717, 1.165) is 26.9 Å². The Balaban J connectivity index is 2.08. The van der Waals surface area contributed by atoms with Gasteiger partial charge in [-0.2, -0.15) is 0 Å². The molecule has 4 heteroatoms. The van der Waals surface area contributed by atoms with Gasteiger partial charge >= 0.3 is 0 Å². The van der Waals surface area contributed by atoms with Gasteiger partial charge in [-0.1, -0.05) is 46.3 Å². The van der Waals surface area contributed by atoms with Gasteiger partial charge in [0.15, 0.2) is 0 Å². The Kier molecular flexibility index (Phi) is 7.09. The summed E-state index contributed by atoms with van der Waals surface area (Å²) in [6.45, 7) is 3.27. The fourth-order valence-corrected chi connectivity index (χ4v) is 3.36. The van der Waals surface area contributed by atoms with Crippen molar-refractivity contribution in [1.29, 1.82) is 0 Å². The summed E-state index contributed by atoms with van der Waals surface area (Å²) < 4.78 is 12.3. The number of benzene rings is 2. The number of aliphatic hydroxyl groups excluding tert-OH is 1. The van der Waals surface area contributed by atoms with Crippen LogP contribution in [0.15, 0.2) is 46.9 Å². The maximum atomic E-state index is 9.38. The van der Waals surface area contributed by atoms with E-state index >= 15 is 0 Å². The van der Waals surface area contributed by atoms with E-state index in [1.165, 1.54) is 0 Å². The number of rotatable bonds is 8. The molecule has 0 aromatic heterocycles. The molecule has 1 unspecified atom stereocenters. The monoisotopic (exact) mass is 378 g/mol. The van der Waals surface area contributed by atoms with E-state index in [1.807, 2.05) is 43.3 Å². The number of ether oxygens (including phenoxy) is 2. The zero-order chi connectivity index (χ0) is 16.7. The summed E-state index contributed by atoms with van der Waals surface area (Å²) in [5.41, 5.74) is 3.33. The number of hydrogen-bond donors (Lipinski definition) is 1. The summed E-state index contributed by atoms with van der Waals surface area (Å²) in [5, 5.41) is 9.38. The van der Waals surface area contributed by atoms with Crippen molar-refractivity contribution in [3.63, 3.8) is 0 Å². The van der Waals surface area contributed by atoms with Gasteiger partial charge in [0.05, 0.1) is 20.3 Å². The minimum absolute atomic E-state index is 0.118. The second-order valence-electron chi connectivity index (χ2n) is 5.55. The average Bonchev–Trinajstić information content (AvgIpc) is 2.55. The number of hydrogen-bond acceptors (Lipinski definition) is 3. The normalized spacial score (nSPS) is 12.2. The smallest absolute Gasteiger partial charge is 0.122 e. The molecule has 0 aliphatic heterocycles. The van der Waals surface area contributed by atoms with Gasteiger partial charge in [-0.25, -0.2) is 0 Å². The molecule has 2 aromatic rings. The van der Waals surface area contributed by atoms with Crippen LogP contribution in [0.3, 0.4) is 0 Å². The number of aryl methyl sites for hydroxylation is 1. The quantitative estimate of drug-likeness (QED) is 0.737. The van der Waals surface area contributed by atoms with Gasteiger partial charge in [0.2, 0.25) is 0 Å². The Bertz CT molecular complexity index is 614. The standard InChI is InChI=1S/C19H23BrO3/c1-14-10-18(20)17(11-19(14)22-2)16(8-9-21)13-23-12-15-6-4-3-5-7-15/h3-7,10-11,16,21H,8-9,12-13H2,1-2H3. The van der Waals surface area contributed by atoms with E-state index in [9.17, 15) is 5.11 Å². The van der Waals surface area contributed by atoms with E-state index in [1.54, 1.807) is 7.11 Å². The van der Waals surface area contributed by atoms with Crippen LogP contribution in [0, 0.1) is 6.92 Å². The predicted molar refractivity (Wildman–Crippen MR) is 96.0 cm³/mol. The summed E-state index contributed by atoms with van der Waals surface area (Å²) in [4.78, 5) is 0. The first kappa shape index (κ1) is 18.0. The fourth-order valence-electron chi connectivity index (χ4n) is 2.58. The summed E-state index contributed by atoms with van der Waals surface area (Å²) in [6.07, 6.45) is 0.652. The Morgan fingerprint density at radius 2 is 1.91 bits per heavy atom. The third-order valence-corrected chi connectivity index (χ3v) is 4.55. The number of aliphatic hydroxyl groups is 1. The van der Waals surface area contributed by atoms with Crippen LogP contribution in [0.4, 0.5) is 0 Å². The van der Waals surface area contributed by atoms with Crippen LogP contribution in [0.2, 0.25) is 0 Å². The van der Waals surface area contributed by atoms with Crippen molar-refractivity contribution in [2.45, 2.75) is 25.9 Å². The van der Waals surface area contributed by atoms with Crippen molar-refractivity contribution < 1.29 is 14.6 Å². The highest BCUT2D eigenvalue weighted by Crippen LogP contribution is 2.33. The lowest BCUT2D eigenvalue weighted by atomic mass is 9.95. The van der Waals surface area contributed by atoms with Gasteiger partial charge in [-0.3, -0.25) is 0 Å². The SMILES string of the molecule is COc1cc(C(CCO)COCc2ccccc2)c(Br)cc1C. The highest BCUT2D eigenvalue weighted by atomic mass is 79.9. The van der Waals surface area contributed by atoms with Crippen molar-refractivity contribution in [2.24, 2.45) is 0 Å². The molecule has 0 aliphatic rings. The lowest BCUT2D eigenvalue weighted by Crippen LogP contribution is -2.11. The van der Waals surface area contributed by atoms with Crippen molar-refractivity contribution >= 4 is 15.9 Å². The van der Waals surface area contributed by atoms with Gasteiger partial charge in [0, 0.05) is 17.0 Å². The summed E-state index contributed by atoms with van der Waals surface area (Å²) >= 11 is 3.63. The maximum Gasteiger partial charge on any atom is 0.122 e. The van der Waals surface area contributed by atoms with E-state index in [-0.39, 0.29) is 12.5 Å². The molecule has 0 saturated heterocycles. The lowest BCUT2D eigenvalue weighted by Gasteiger charge is -2.20. The van der Waals surface area contributed by atoms with E-state index in [0.29, 0.717) is 19.6 Å². The van der Waals surface area contributed by atoms with Crippen molar-refractivity contribution in [3.8, 4) is 5.75 Å². The summed E-state index contributed by atoms with van der Waals surface area (Å²) in [5.74, 6) is 0.974. The fraction of sp³-hybridized carbons (Fsp3) is 0.368. The van der Waals surface area contributed by atoms with Gasteiger partial charge < -0.3 is 14.6 Å². The second-order valence-corrected chi connectivity index (χ2v) is 6.41. The molecule has 3 nitrogen and oxygen atoms in total. The molecule has 2 aromatic carbocycles. The Hall–Kier alpha value is -1.36. The first-order valence-electron chi connectivity index (χ1n) is 7.72. The van der Waals surface area contributed by atoms with E-state index in [2.05, 4.69) is 22.0 Å². The topological polar surface area (TPSA) is 38.7 Å². The molecular weight excluding hydrogens is 356 g/mol. The Labute approximate surface area is 146 Å². The first-order chi connectivity index (χ1) is 11.2.